The third-order valence-corrected chi connectivity index (χ3v) is 5.49. The first-order valence-electron chi connectivity index (χ1n) is 7.40. The highest BCUT2D eigenvalue weighted by Gasteiger charge is 2.06. The maximum atomic E-state index is 6.15. The topological polar surface area (TPSA) is 33.3 Å². The molecule has 0 heterocycles. The Kier molecular flexibility index (Phi) is 8.46. The average molecular weight is 436 g/mol. The molecular weight excluding hydrogens is 419 g/mol. The number of methoxy groups -OCH3 is 1. The highest BCUT2D eigenvalue weighted by molar-refractivity contribution is 7.98. The van der Waals surface area contributed by atoms with Gasteiger partial charge in [-0.05, 0) is 48.1 Å². The second-order valence-corrected chi connectivity index (χ2v) is 7.72. The van der Waals surface area contributed by atoms with E-state index in [2.05, 4.69) is 10.6 Å². The molecule has 0 saturated heterocycles. The summed E-state index contributed by atoms with van der Waals surface area (Å²) >= 11 is 25.4. The monoisotopic (exact) mass is 434 g/mol. The number of rotatable bonds is 7. The molecule has 2 aromatic carbocycles. The van der Waals surface area contributed by atoms with Gasteiger partial charge in [-0.3, -0.25) is 0 Å². The number of hydrogen-bond donors (Lipinski definition) is 2. The van der Waals surface area contributed by atoms with Crippen molar-refractivity contribution in [1.29, 1.82) is 0 Å². The fourth-order valence-electron chi connectivity index (χ4n) is 2.00. The van der Waals surface area contributed by atoms with Crippen LogP contribution >= 0.6 is 58.8 Å². The zero-order valence-electron chi connectivity index (χ0n) is 13.4. The highest BCUT2D eigenvalue weighted by atomic mass is 35.5. The van der Waals surface area contributed by atoms with Crippen LogP contribution in [0.15, 0.2) is 36.4 Å². The Balaban J connectivity index is 1.71. The number of thiocarbonyl (C=S) groups is 1. The Morgan fingerprint density at radius 2 is 1.84 bits per heavy atom. The fraction of sp³-hybridized carbons (Fsp3) is 0.235. The summed E-state index contributed by atoms with van der Waals surface area (Å²) in [6.45, 7) is 0.725. The lowest BCUT2D eigenvalue weighted by Gasteiger charge is -2.12. The summed E-state index contributed by atoms with van der Waals surface area (Å²) in [6, 6.07) is 10.9. The minimum atomic E-state index is 0.530. The van der Waals surface area contributed by atoms with E-state index in [-0.39, 0.29) is 0 Å². The molecule has 3 nitrogen and oxygen atoms in total. The van der Waals surface area contributed by atoms with Crippen molar-refractivity contribution < 1.29 is 4.74 Å². The van der Waals surface area contributed by atoms with Crippen molar-refractivity contribution in [3.63, 3.8) is 0 Å². The van der Waals surface area contributed by atoms with Crippen molar-refractivity contribution in [3.8, 4) is 5.75 Å². The van der Waals surface area contributed by atoms with Crippen molar-refractivity contribution in [2.75, 3.05) is 24.7 Å². The van der Waals surface area contributed by atoms with Crippen LogP contribution in [0.4, 0.5) is 5.69 Å². The standard InChI is InChI=1S/C17H17Cl3N2OS2/c1-23-16-6-5-11(9-15(16)20)22-17(24)21-7-8-25-10-12-13(18)3-2-4-14(12)19/h2-6,9H,7-8,10H2,1H3,(H2,21,22,24). The molecule has 0 saturated carbocycles. The van der Waals surface area contributed by atoms with Gasteiger partial charge in [0.25, 0.3) is 0 Å². The van der Waals surface area contributed by atoms with Crippen LogP contribution in [0.25, 0.3) is 0 Å². The first-order chi connectivity index (χ1) is 12.0. The third-order valence-electron chi connectivity index (χ3n) is 3.25. The summed E-state index contributed by atoms with van der Waals surface area (Å²) in [4.78, 5) is 0. The van der Waals surface area contributed by atoms with Crippen LogP contribution in [0.5, 0.6) is 5.75 Å². The van der Waals surface area contributed by atoms with E-state index < -0.39 is 0 Å². The number of anilines is 1. The Labute approximate surface area is 172 Å². The van der Waals surface area contributed by atoms with Crippen LogP contribution < -0.4 is 15.4 Å². The summed E-state index contributed by atoms with van der Waals surface area (Å²) < 4.78 is 5.12. The van der Waals surface area contributed by atoms with E-state index in [0.29, 0.717) is 25.9 Å². The van der Waals surface area contributed by atoms with Crippen LogP contribution in [0.2, 0.25) is 15.1 Å². The van der Waals surface area contributed by atoms with Crippen LogP contribution in [0.1, 0.15) is 5.56 Å². The SMILES string of the molecule is COc1ccc(NC(=S)NCCSCc2c(Cl)cccc2Cl)cc1Cl. The van der Waals surface area contributed by atoms with E-state index in [1.165, 1.54) is 0 Å². The van der Waals surface area contributed by atoms with Gasteiger partial charge < -0.3 is 15.4 Å². The Hall–Kier alpha value is -0.850. The highest BCUT2D eigenvalue weighted by Crippen LogP contribution is 2.28. The van der Waals surface area contributed by atoms with E-state index >= 15 is 0 Å². The molecule has 0 atom stereocenters. The Morgan fingerprint density at radius 1 is 1.12 bits per heavy atom. The van der Waals surface area contributed by atoms with Gasteiger partial charge in [-0.25, -0.2) is 0 Å². The first kappa shape index (κ1) is 20.5. The van der Waals surface area contributed by atoms with E-state index in [1.54, 1.807) is 31.0 Å². The number of hydrogen-bond acceptors (Lipinski definition) is 3. The van der Waals surface area contributed by atoms with Crippen molar-refractivity contribution in [2.24, 2.45) is 0 Å². The lowest BCUT2D eigenvalue weighted by molar-refractivity contribution is 0.415. The minimum absolute atomic E-state index is 0.530. The van der Waals surface area contributed by atoms with Gasteiger partial charge >= 0.3 is 0 Å². The van der Waals surface area contributed by atoms with Gasteiger partial charge in [-0.15, -0.1) is 0 Å². The minimum Gasteiger partial charge on any atom is -0.495 e. The smallest absolute Gasteiger partial charge is 0.170 e. The molecule has 0 unspecified atom stereocenters. The molecule has 134 valence electrons. The van der Waals surface area contributed by atoms with Crippen LogP contribution in [0, 0.1) is 0 Å². The van der Waals surface area contributed by atoms with E-state index in [1.807, 2.05) is 24.3 Å². The van der Waals surface area contributed by atoms with Crippen molar-refractivity contribution >= 4 is 69.6 Å². The van der Waals surface area contributed by atoms with Crippen molar-refractivity contribution in [2.45, 2.75) is 5.75 Å². The quantitative estimate of drug-likeness (QED) is 0.419. The van der Waals surface area contributed by atoms with Crippen LogP contribution in [0.3, 0.4) is 0 Å². The van der Waals surface area contributed by atoms with Crippen LogP contribution in [-0.4, -0.2) is 24.5 Å². The maximum absolute atomic E-state index is 6.15. The molecule has 0 aliphatic heterocycles. The molecule has 2 N–H and O–H groups in total. The molecule has 0 fully saturated rings. The molecule has 0 radical (unpaired) electrons. The number of nitrogens with one attached hydrogen (secondary N) is 2. The molecule has 25 heavy (non-hydrogen) atoms. The largest absolute Gasteiger partial charge is 0.495 e. The summed E-state index contributed by atoms with van der Waals surface area (Å²) in [5, 5.41) is 8.70. The number of ether oxygens (including phenoxy) is 1. The number of halogens is 3. The molecule has 0 amide bonds. The third kappa shape index (κ3) is 6.42. The molecule has 0 aliphatic carbocycles. The molecule has 2 rings (SSSR count). The molecule has 8 heteroatoms. The predicted octanol–water partition coefficient (Wildman–Crippen LogP) is 5.88. The summed E-state index contributed by atoms with van der Waals surface area (Å²) in [5.41, 5.74) is 1.77. The molecule has 0 bridgehead atoms. The van der Waals surface area contributed by atoms with E-state index in [0.717, 1.165) is 29.3 Å². The van der Waals surface area contributed by atoms with Gasteiger partial charge in [0.15, 0.2) is 5.11 Å². The van der Waals surface area contributed by atoms with Gasteiger partial charge in [-0.1, -0.05) is 40.9 Å². The van der Waals surface area contributed by atoms with Crippen LogP contribution in [-0.2, 0) is 5.75 Å². The lowest BCUT2D eigenvalue weighted by Crippen LogP contribution is -2.30. The maximum Gasteiger partial charge on any atom is 0.170 e. The Morgan fingerprint density at radius 3 is 2.48 bits per heavy atom. The Bertz CT molecular complexity index is 724. The van der Waals surface area contributed by atoms with E-state index in [9.17, 15) is 0 Å². The lowest BCUT2D eigenvalue weighted by atomic mass is 10.2. The second kappa shape index (κ2) is 10.3. The second-order valence-electron chi connectivity index (χ2n) is 4.98. The predicted molar refractivity (Wildman–Crippen MR) is 115 cm³/mol. The normalized spacial score (nSPS) is 10.4. The number of benzene rings is 2. The molecule has 0 spiro atoms. The van der Waals surface area contributed by atoms with Gasteiger partial charge in [0.1, 0.15) is 5.75 Å². The molecule has 0 aliphatic rings. The first-order valence-corrected chi connectivity index (χ1v) is 10.1. The number of thioether (sulfide) groups is 1. The van der Waals surface area contributed by atoms with E-state index in [4.69, 9.17) is 51.8 Å². The molecule has 2 aromatic rings. The average Bonchev–Trinajstić information content (AvgIpc) is 2.57. The fourth-order valence-corrected chi connectivity index (χ4v) is 4.07. The van der Waals surface area contributed by atoms with Gasteiger partial charge in [0.2, 0.25) is 0 Å². The summed E-state index contributed by atoms with van der Waals surface area (Å²) in [6.07, 6.45) is 0. The zero-order valence-corrected chi connectivity index (χ0v) is 17.3. The summed E-state index contributed by atoms with van der Waals surface area (Å²) in [5.74, 6) is 2.25. The van der Waals surface area contributed by atoms with Crippen molar-refractivity contribution in [3.05, 3.63) is 57.0 Å². The summed E-state index contributed by atoms with van der Waals surface area (Å²) in [7, 11) is 1.58. The van der Waals surface area contributed by atoms with Gasteiger partial charge in [0, 0.05) is 33.8 Å². The zero-order chi connectivity index (χ0) is 18.2. The molecular formula is C17H17Cl3N2OS2. The van der Waals surface area contributed by atoms with Gasteiger partial charge in [0.05, 0.1) is 12.1 Å². The van der Waals surface area contributed by atoms with Crippen molar-refractivity contribution in [1.82, 2.24) is 5.32 Å². The van der Waals surface area contributed by atoms with Gasteiger partial charge in [-0.2, -0.15) is 11.8 Å². The molecule has 0 aromatic heterocycles.